The average Bonchev–Trinajstić information content (AvgIpc) is 3.60. The Bertz CT molecular complexity index is 1780. The van der Waals surface area contributed by atoms with E-state index in [0.29, 0.717) is 83.9 Å². The van der Waals surface area contributed by atoms with Crippen LogP contribution in [0.4, 0.5) is 25.3 Å². The van der Waals surface area contributed by atoms with Gasteiger partial charge >= 0.3 is 5.56 Å². The molecule has 1 amide bonds. The quantitative estimate of drug-likeness (QED) is 0.328. The first kappa shape index (κ1) is 28.8. The topological polar surface area (TPSA) is 124 Å². The maximum Gasteiger partial charge on any atom is 0.307 e. The highest BCUT2D eigenvalue weighted by Gasteiger charge is 2.31. The number of carbonyl (C=O) groups is 1. The molecule has 43 heavy (non-hydrogen) atoms. The number of carbonyl (C=O) groups excluding carboxylic acids is 1. The third-order valence-corrected chi connectivity index (χ3v) is 9.04. The van der Waals surface area contributed by atoms with Crippen LogP contribution in [0.25, 0.3) is 16.8 Å². The molecule has 2 aliphatic rings. The molecule has 2 saturated heterocycles. The van der Waals surface area contributed by atoms with Crippen molar-refractivity contribution in [2.24, 2.45) is 0 Å². The number of halogens is 2. The molecule has 0 bridgehead atoms. The zero-order chi connectivity index (χ0) is 30.4. The summed E-state index contributed by atoms with van der Waals surface area (Å²) < 4.78 is 30.2. The number of fused-ring (bicyclic) bond motifs is 1. The number of piperazine rings is 1. The highest BCUT2D eigenvalue weighted by Crippen LogP contribution is 2.39. The first-order valence-corrected chi connectivity index (χ1v) is 14.8. The largest absolute Gasteiger partial charge is 0.389 e. The van der Waals surface area contributed by atoms with Crippen LogP contribution in [0.1, 0.15) is 17.5 Å². The minimum Gasteiger partial charge on any atom is -0.389 e. The summed E-state index contributed by atoms with van der Waals surface area (Å²) in [6, 6.07) is 9.58. The van der Waals surface area contributed by atoms with Crippen LogP contribution < -0.4 is 15.4 Å². The molecule has 0 spiro atoms. The van der Waals surface area contributed by atoms with Gasteiger partial charge in [-0.3, -0.25) is 19.6 Å². The van der Waals surface area contributed by atoms with E-state index in [9.17, 15) is 24.3 Å². The molecule has 3 aromatic heterocycles. The number of likely N-dealkylation sites (tertiary alicyclic amines) is 1. The first-order valence-electron chi connectivity index (χ1n) is 14.0. The van der Waals surface area contributed by atoms with E-state index in [1.165, 1.54) is 28.0 Å². The molecule has 1 aromatic carbocycles. The minimum absolute atomic E-state index is 0.0407. The second-order valence-electron chi connectivity index (χ2n) is 10.7. The van der Waals surface area contributed by atoms with Crippen LogP contribution in [-0.4, -0.2) is 94.4 Å². The molecule has 224 valence electrons. The molecule has 4 aromatic rings. The van der Waals surface area contributed by atoms with E-state index in [0.717, 1.165) is 0 Å². The second kappa shape index (κ2) is 11.4. The van der Waals surface area contributed by atoms with Gasteiger partial charge in [-0.05, 0) is 36.8 Å². The van der Waals surface area contributed by atoms with Crippen molar-refractivity contribution in [1.29, 1.82) is 5.26 Å². The summed E-state index contributed by atoms with van der Waals surface area (Å²) in [5.74, 6) is -1.30. The highest BCUT2D eigenvalue weighted by molar-refractivity contribution is 7.16. The predicted octanol–water partition coefficient (Wildman–Crippen LogP) is 2.56. The van der Waals surface area contributed by atoms with Gasteiger partial charge in [0, 0.05) is 51.9 Å². The van der Waals surface area contributed by atoms with Crippen molar-refractivity contribution in [3.8, 4) is 17.3 Å². The van der Waals surface area contributed by atoms with Crippen molar-refractivity contribution < 1.29 is 18.7 Å². The molecule has 0 radical (unpaired) electrons. The van der Waals surface area contributed by atoms with Crippen molar-refractivity contribution in [2.45, 2.75) is 19.4 Å². The van der Waals surface area contributed by atoms with Crippen LogP contribution in [0.2, 0.25) is 0 Å². The Labute approximate surface area is 249 Å². The first-order chi connectivity index (χ1) is 20.7. The van der Waals surface area contributed by atoms with Gasteiger partial charge in [0.25, 0.3) is 0 Å². The van der Waals surface area contributed by atoms with Gasteiger partial charge in [0.2, 0.25) is 11.7 Å². The number of benzene rings is 1. The normalized spacial score (nSPS) is 16.0. The summed E-state index contributed by atoms with van der Waals surface area (Å²) in [6.45, 7) is 4.75. The fourth-order valence-corrected chi connectivity index (χ4v) is 6.43. The molecular formula is C29H30F2N8O3S. The van der Waals surface area contributed by atoms with E-state index in [1.54, 1.807) is 35.0 Å². The average molecular weight is 609 g/mol. The number of aromatic amines is 1. The minimum atomic E-state index is -0.866. The molecule has 2 fully saturated rings. The lowest BCUT2D eigenvalue weighted by molar-refractivity contribution is -0.142. The number of nitrogens with zero attached hydrogens (tertiary/aromatic N) is 7. The van der Waals surface area contributed by atoms with Crippen molar-refractivity contribution in [3.05, 3.63) is 62.9 Å². The fraction of sp³-hybridized carbons (Fsp3) is 0.379. The highest BCUT2D eigenvalue weighted by atomic mass is 32.1. The van der Waals surface area contributed by atoms with Gasteiger partial charge < -0.3 is 19.8 Å². The summed E-state index contributed by atoms with van der Waals surface area (Å²) in [7, 11) is 1.77. The number of amides is 1. The van der Waals surface area contributed by atoms with E-state index < -0.39 is 23.3 Å². The van der Waals surface area contributed by atoms with E-state index >= 15 is 4.39 Å². The molecule has 6 rings (SSSR count). The Morgan fingerprint density at radius 1 is 1.21 bits per heavy atom. The number of rotatable bonds is 7. The number of nitrogens with one attached hydrogen (secondary N) is 1. The summed E-state index contributed by atoms with van der Waals surface area (Å²) in [6.07, 6.45) is 0.0593. The van der Waals surface area contributed by atoms with Crippen LogP contribution in [0.15, 0.2) is 35.1 Å². The molecular weight excluding hydrogens is 578 g/mol. The smallest absolute Gasteiger partial charge is 0.307 e. The van der Waals surface area contributed by atoms with E-state index in [2.05, 4.69) is 11.2 Å². The Balaban J connectivity index is 1.30. The number of nitriles is 1. The molecule has 2 aliphatic heterocycles. The van der Waals surface area contributed by atoms with Crippen molar-refractivity contribution in [2.75, 3.05) is 62.7 Å². The van der Waals surface area contributed by atoms with Crippen LogP contribution in [0, 0.1) is 23.0 Å². The summed E-state index contributed by atoms with van der Waals surface area (Å²) >= 11 is 1.17. The summed E-state index contributed by atoms with van der Waals surface area (Å²) in [5.41, 5.74) is 2.19. The fourth-order valence-electron chi connectivity index (χ4n) is 5.58. The van der Waals surface area contributed by atoms with Gasteiger partial charge in [-0.2, -0.15) is 9.65 Å². The molecule has 5 heterocycles. The Kier molecular flexibility index (Phi) is 7.63. The van der Waals surface area contributed by atoms with Crippen molar-refractivity contribution in [1.82, 2.24) is 24.4 Å². The standard InChI is InChI=1S/C29H30F2N8O3S/c1-3-20-27(35(2)29-33-26(23(13-32)43-29)17-4-6-18(30)7-5-17)22-12-21(25(31)28(42)39(22)34-20)37-10-8-36(9-11-37)16-24(41)38-14-19(40)15-38/h4-7,12,19,34,40H,3,8-11,14-16H2,1-2H3. The SMILES string of the molecule is CCc1[nH]n2c(=O)c(F)c(N3CCN(CC(=O)N4CC(O)C4)CC3)cc2c1N(C)c1nc(-c2ccc(F)cc2)c(C#N)s1. The van der Waals surface area contributed by atoms with Crippen LogP contribution in [0.3, 0.4) is 0 Å². The lowest BCUT2D eigenvalue weighted by Gasteiger charge is -2.39. The number of aromatic nitrogens is 3. The summed E-state index contributed by atoms with van der Waals surface area (Å²) in [4.78, 5) is 37.9. The summed E-state index contributed by atoms with van der Waals surface area (Å²) in [5, 5.41) is 22.8. The number of hydrogen-bond acceptors (Lipinski definition) is 9. The Morgan fingerprint density at radius 2 is 1.91 bits per heavy atom. The Hall–Kier alpha value is -4.32. The maximum atomic E-state index is 15.5. The van der Waals surface area contributed by atoms with Gasteiger partial charge in [-0.1, -0.05) is 18.3 Å². The van der Waals surface area contributed by atoms with E-state index in [4.69, 9.17) is 4.98 Å². The third-order valence-electron chi connectivity index (χ3n) is 8.00. The van der Waals surface area contributed by atoms with E-state index in [1.807, 2.05) is 16.7 Å². The number of thiazole rings is 1. The molecule has 0 unspecified atom stereocenters. The molecule has 14 heteroatoms. The van der Waals surface area contributed by atoms with Crippen LogP contribution >= 0.6 is 11.3 Å². The molecule has 0 aliphatic carbocycles. The number of β-amino-alcohol motifs (C(OH)–C–C–N with tert-alkyl or cyclic N) is 1. The molecule has 0 saturated carbocycles. The number of H-pyrrole nitrogens is 1. The predicted molar refractivity (Wildman–Crippen MR) is 159 cm³/mol. The Morgan fingerprint density at radius 3 is 2.53 bits per heavy atom. The van der Waals surface area contributed by atoms with Gasteiger partial charge in [-0.15, -0.1) is 0 Å². The molecule has 2 N–H and O–H groups in total. The number of aliphatic hydroxyl groups is 1. The maximum absolute atomic E-state index is 15.5. The lowest BCUT2D eigenvalue weighted by atomic mass is 10.1. The number of aryl methyl sites for hydroxylation is 1. The zero-order valence-corrected chi connectivity index (χ0v) is 24.5. The van der Waals surface area contributed by atoms with Crippen molar-refractivity contribution >= 4 is 39.3 Å². The molecule has 11 nitrogen and oxygen atoms in total. The van der Waals surface area contributed by atoms with Crippen LogP contribution in [-0.2, 0) is 11.2 Å². The third kappa shape index (κ3) is 5.24. The van der Waals surface area contributed by atoms with Gasteiger partial charge in [0.15, 0.2) is 5.13 Å². The van der Waals surface area contributed by atoms with Gasteiger partial charge in [0.1, 0.15) is 22.5 Å². The van der Waals surface area contributed by atoms with Gasteiger partial charge in [-0.25, -0.2) is 13.9 Å². The van der Waals surface area contributed by atoms with Gasteiger partial charge in [0.05, 0.1) is 35.2 Å². The second-order valence-corrected chi connectivity index (χ2v) is 11.7. The monoisotopic (exact) mass is 608 g/mol. The number of anilines is 3. The number of pyridine rings is 1. The number of hydrogen-bond donors (Lipinski definition) is 2. The number of aliphatic hydroxyl groups excluding tert-OH is 1. The van der Waals surface area contributed by atoms with Crippen LogP contribution in [0.5, 0.6) is 0 Å². The molecule has 0 atom stereocenters. The van der Waals surface area contributed by atoms with E-state index in [-0.39, 0.29) is 18.1 Å². The van der Waals surface area contributed by atoms with Crippen molar-refractivity contribution in [3.63, 3.8) is 0 Å². The zero-order valence-electron chi connectivity index (χ0n) is 23.7. The lowest BCUT2D eigenvalue weighted by Crippen LogP contribution is -2.57.